The van der Waals surface area contributed by atoms with Gasteiger partial charge in [-0.25, -0.2) is 9.18 Å². The van der Waals surface area contributed by atoms with Crippen LogP contribution in [0.15, 0.2) is 24.3 Å². The van der Waals surface area contributed by atoms with Crippen LogP contribution in [0.3, 0.4) is 0 Å². The number of hydrogen-bond donors (Lipinski definition) is 1. The van der Waals surface area contributed by atoms with Gasteiger partial charge in [0.1, 0.15) is 11.4 Å². The van der Waals surface area contributed by atoms with Crippen LogP contribution < -0.4 is 0 Å². The van der Waals surface area contributed by atoms with Crippen molar-refractivity contribution in [2.24, 2.45) is 0 Å². The first-order valence-electron chi connectivity index (χ1n) is 11.0. The molecular weight excluding hydrogens is 387 g/mol. The minimum atomic E-state index is -0.862. The van der Waals surface area contributed by atoms with Gasteiger partial charge in [0.15, 0.2) is 0 Å². The lowest BCUT2D eigenvalue weighted by molar-refractivity contribution is -0.0982. The highest BCUT2D eigenvalue weighted by Gasteiger charge is 2.52. The Morgan fingerprint density at radius 2 is 2.03 bits per heavy atom. The van der Waals surface area contributed by atoms with E-state index in [9.17, 15) is 9.18 Å². The quantitative estimate of drug-likeness (QED) is 0.819. The van der Waals surface area contributed by atoms with Gasteiger partial charge in [0.25, 0.3) is 0 Å². The molecule has 0 unspecified atom stereocenters. The molecule has 1 atom stereocenters. The molecule has 0 aromatic heterocycles. The van der Waals surface area contributed by atoms with Crippen LogP contribution in [0.1, 0.15) is 42.7 Å². The Hall–Kier alpha value is -1.96. The number of rotatable bonds is 3. The third kappa shape index (κ3) is 3.74. The van der Waals surface area contributed by atoms with Gasteiger partial charge in [-0.05, 0) is 73.5 Å². The zero-order chi connectivity index (χ0) is 20.7. The molecule has 3 fully saturated rings. The van der Waals surface area contributed by atoms with Gasteiger partial charge in [-0.1, -0.05) is 12.1 Å². The molecule has 1 aromatic carbocycles. The van der Waals surface area contributed by atoms with Crippen molar-refractivity contribution in [3.8, 4) is 0 Å². The fourth-order valence-corrected chi connectivity index (χ4v) is 5.57. The number of nitrogens with zero attached hydrogens (tertiary/aromatic N) is 2. The topological polar surface area (TPSA) is 62.2 Å². The van der Waals surface area contributed by atoms with Gasteiger partial charge in [0.05, 0.1) is 32.9 Å². The van der Waals surface area contributed by atoms with Gasteiger partial charge in [-0.3, -0.25) is 4.90 Å². The van der Waals surface area contributed by atoms with E-state index in [0.29, 0.717) is 38.3 Å². The summed E-state index contributed by atoms with van der Waals surface area (Å²) in [6.45, 7) is 4.94. The van der Waals surface area contributed by atoms with E-state index < -0.39 is 6.09 Å². The first-order chi connectivity index (χ1) is 14.5. The van der Waals surface area contributed by atoms with Crippen molar-refractivity contribution in [2.75, 3.05) is 46.0 Å². The van der Waals surface area contributed by atoms with Crippen molar-refractivity contribution in [1.82, 2.24) is 9.80 Å². The molecule has 1 aromatic rings. The molecule has 4 aliphatic heterocycles. The number of carboxylic acid groups (broad SMARTS) is 1. The third-order valence-corrected chi connectivity index (χ3v) is 7.23. The van der Waals surface area contributed by atoms with Gasteiger partial charge in [0.2, 0.25) is 0 Å². The molecule has 4 heterocycles. The zero-order valence-electron chi connectivity index (χ0n) is 17.2. The maximum Gasteiger partial charge on any atom is 0.407 e. The Kier molecular flexibility index (Phi) is 5.29. The van der Waals surface area contributed by atoms with E-state index >= 15 is 0 Å². The van der Waals surface area contributed by atoms with E-state index in [4.69, 9.17) is 14.6 Å². The van der Waals surface area contributed by atoms with E-state index in [1.165, 1.54) is 16.0 Å². The molecule has 30 heavy (non-hydrogen) atoms. The monoisotopic (exact) mass is 416 g/mol. The largest absolute Gasteiger partial charge is 0.465 e. The number of amides is 1. The summed E-state index contributed by atoms with van der Waals surface area (Å²) in [6, 6.07) is 5.59. The highest BCUT2D eigenvalue weighted by Crippen LogP contribution is 2.40. The van der Waals surface area contributed by atoms with Crippen LogP contribution in [0.2, 0.25) is 0 Å². The van der Waals surface area contributed by atoms with Crippen molar-refractivity contribution in [3.63, 3.8) is 0 Å². The average molecular weight is 416 g/mol. The lowest BCUT2D eigenvalue weighted by Gasteiger charge is -2.45. The number of hydrogen-bond acceptors (Lipinski definition) is 4. The molecule has 4 aliphatic rings. The highest BCUT2D eigenvalue weighted by molar-refractivity contribution is 5.69. The van der Waals surface area contributed by atoms with E-state index in [-0.39, 0.29) is 11.4 Å². The second-order valence-corrected chi connectivity index (χ2v) is 9.09. The summed E-state index contributed by atoms with van der Waals surface area (Å²) in [7, 11) is 0. The molecule has 7 heteroatoms. The summed E-state index contributed by atoms with van der Waals surface area (Å²) in [5.41, 5.74) is 3.32. The van der Waals surface area contributed by atoms with Crippen LogP contribution in [0.25, 0.3) is 5.57 Å². The SMILES string of the molecule is O=C(O)N1CC2(C[C@H](N3CCC(c4cc(F)ccc4C4=CCOCC4)CC3)CO2)C1. The molecule has 0 radical (unpaired) electrons. The van der Waals surface area contributed by atoms with Crippen molar-refractivity contribution in [3.05, 3.63) is 41.2 Å². The Bertz CT molecular complexity index is 844. The normalized spacial score (nSPS) is 27.2. The van der Waals surface area contributed by atoms with E-state index in [1.54, 1.807) is 12.1 Å². The summed E-state index contributed by atoms with van der Waals surface area (Å²) in [6.07, 6.45) is 5.06. The minimum Gasteiger partial charge on any atom is -0.465 e. The minimum absolute atomic E-state index is 0.164. The lowest BCUT2D eigenvalue weighted by atomic mass is 9.82. The van der Waals surface area contributed by atoms with Crippen LogP contribution >= 0.6 is 0 Å². The molecule has 3 saturated heterocycles. The number of carbonyl (C=O) groups is 1. The Morgan fingerprint density at radius 1 is 1.23 bits per heavy atom. The molecule has 5 rings (SSSR count). The Labute approximate surface area is 176 Å². The lowest BCUT2D eigenvalue weighted by Crippen LogP contribution is -2.63. The standard InChI is InChI=1S/C23H29FN2O4/c24-18-1-2-20(17-5-9-29-10-6-17)21(11-18)16-3-7-25(8-4-16)19-12-23(30-13-19)14-26(15-23)22(27)28/h1-2,5,11,16,19H,3-4,6-10,12-15H2,(H,27,28)/t19-/m0/s1. The first-order valence-corrected chi connectivity index (χ1v) is 11.0. The number of benzene rings is 1. The van der Waals surface area contributed by atoms with Crippen molar-refractivity contribution in [2.45, 2.75) is 43.2 Å². The number of ether oxygens (including phenoxy) is 2. The predicted octanol–water partition coefficient (Wildman–Crippen LogP) is 3.33. The Balaban J connectivity index is 1.22. The molecule has 6 nitrogen and oxygen atoms in total. The smallest absolute Gasteiger partial charge is 0.407 e. The molecule has 0 bridgehead atoms. The van der Waals surface area contributed by atoms with E-state index in [0.717, 1.165) is 50.9 Å². The summed E-state index contributed by atoms with van der Waals surface area (Å²) in [4.78, 5) is 15.0. The molecular formula is C23H29FN2O4. The van der Waals surface area contributed by atoms with Crippen LogP contribution in [0, 0.1) is 5.82 Å². The van der Waals surface area contributed by atoms with Crippen LogP contribution in [-0.4, -0.2) is 78.6 Å². The van der Waals surface area contributed by atoms with Gasteiger partial charge in [-0.2, -0.15) is 0 Å². The molecule has 0 saturated carbocycles. The van der Waals surface area contributed by atoms with Crippen LogP contribution in [0.4, 0.5) is 9.18 Å². The summed E-state index contributed by atoms with van der Waals surface area (Å²) in [5, 5.41) is 9.09. The predicted molar refractivity (Wildman–Crippen MR) is 110 cm³/mol. The first kappa shape index (κ1) is 20.0. The molecule has 1 amide bonds. The van der Waals surface area contributed by atoms with Gasteiger partial charge in [0, 0.05) is 6.04 Å². The van der Waals surface area contributed by atoms with Gasteiger partial charge < -0.3 is 19.5 Å². The zero-order valence-corrected chi connectivity index (χ0v) is 17.2. The summed E-state index contributed by atoms with van der Waals surface area (Å²) < 4.78 is 25.6. The fraction of sp³-hybridized carbons (Fsp3) is 0.609. The fourth-order valence-electron chi connectivity index (χ4n) is 5.57. The average Bonchev–Trinajstić information content (AvgIpc) is 3.19. The number of likely N-dealkylation sites (tertiary alicyclic amines) is 2. The third-order valence-electron chi connectivity index (χ3n) is 7.23. The van der Waals surface area contributed by atoms with Gasteiger partial charge >= 0.3 is 6.09 Å². The maximum absolute atomic E-state index is 14.1. The Morgan fingerprint density at radius 3 is 2.73 bits per heavy atom. The summed E-state index contributed by atoms with van der Waals surface area (Å²) in [5.74, 6) is 0.195. The maximum atomic E-state index is 14.1. The number of piperidine rings is 1. The molecule has 1 N–H and O–H groups in total. The van der Waals surface area contributed by atoms with Crippen molar-refractivity contribution < 1.29 is 23.8 Å². The van der Waals surface area contributed by atoms with Crippen LogP contribution in [0.5, 0.6) is 0 Å². The highest BCUT2D eigenvalue weighted by atomic mass is 19.1. The molecule has 162 valence electrons. The van der Waals surface area contributed by atoms with E-state index in [1.807, 2.05) is 6.07 Å². The molecule has 1 spiro atoms. The number of halogens is 1. The second kappa shape index (κ2) is 7.94. The summed E-state index contributed by atoms with van der Waals surface area (Å²) >= 11 is 0. The second-order valence-electron chi connectivity index (χ2n) is 9.09. The van der Waals surface area contributed by atoms with Crippen molar-refractivity contribution in [1.29, 1.82) is 0 Å². The molecule has 0 aliphatic carbocycles. The van der Waals surface area contributed by atoms with Gasteiger partial charge in [-0.15, -0.1) is 0 Å². The van der Waals surface area contributed by atoms with Crippen molar-refractivity contribution >= 4 is 11.7 Å². The van der Waals surface area contributed by atoms with E-state index in [2.05, 4.69) is 11.0 Å². The van der Waals surface area contributed by atoms with Crippen LogP contribution in [-0.2, 0) is 9.47 Å².